The average molecular weight is 582 g/mol. The first kappa shape index (κ1) is 29.0. The summed E-state index contributed by atoms with van der Waals surface area (Å²) in [5, 5.41) is 9.91. The zero-order valence-electron chi connectivity index (χ0n) is 22.3. The van der Waals surface area contributed by atoms with Crippen LogP contribution in [0.25, 0.3) is 5.69 Å². The molecular weight excluding hydrogens is 554 g/mol. The van der Waals surface area contributed by atoms with E-state index in [-0.39, 0.29) is 10.5 Å². The van der Waals surface area contributed by atoms with Crippen molar-refractivity contribution < 1.29 is 27.9 Å². The molecule has 208 valence electrons. The second-order valence-corrected chi connectivity index (χ2v) is 11.6. The van der Waals surface area contributed by atoms with E-state index in [4.69, 9.17) is 16.3 Å². The molecule has 1 heterocycles. The second-order valence-electron chi connectivity index (χ2n) is 9.45. The molecule has 2 N–H and O–H groups in total. The molecule has 2 atom stereocenters. The molecule has 1 aromatic heterocycles. The molecule has 9 nitrogen and oxygen atoms in total. The number of nitrogens with zero attached hydrogens (tertiary/aromatic N) is 2. The van der Waals surface area contributed by atoms with Crippen LogP contribution in [-0.4, -0.2) is 41.1 Å². The van der Waals surface area contributed by atoms with Crippen LogP contribution in [0.15, 0.2) is 78.2 Å². The third-order valence-corrected chi connectivity index (χ3v) is 8.30. The highest BCUT2D eigenvalue weighted by Gasteiger charge is 2.30. The van der Waals surface area contributed by atoms with E-state index < -0.39 is 34.1 Å². The van der Waals surface area contributed by atoms with Crippen molar-refractivity contribution in [1.82, 2.24) is 14.3 Å². The lowest BCUT2D eigenvalue weighted by Gasteiger charge is -2.26. The Bertz CT molecular complexity index is 1650. The molecule has 0 aliphatic carbocycles. The summed E-state index contributed by atoms with van der Waals surface area (Å²) in [5.41, 5.74) is 4.18. The standard InChI is InChI=1S/C29H28ClN3O6S/c1-17-5-8-23(33-12-11-31-16-33)15-25(17)27(26-18(2)13-21(28(34)35)14-19(26)3)39-29(36)20(4)32-40(37,38)24-9-6-22(30)7-10-24/h5-16,20,27,32H,1-4H3,(H,34,35). The maximum absolute atomic E-state index is 13.4. The fourth-order valence-corrected chi connectivity index (χ4v) is 5.77. The van der Waals surface area contributed by atoms with Gasteiger partial charge in [0.25, 0.3) is 0 Å². The number of ether oxygens (including phenoxy) is 1. The Morgan fingerprint density at radius 2 is 1.65 bits per heavy atom. The van der Waals surface area contributed by atoms with E-state index in [1.807, 2.05) is 25.1 Å². The molecule has 40 heavy (non-hydrogen) atoms. The number of benzene rings is 3. The van der Waals surface area contributed by atoms with Gasteiger partial charge >= 0.3 is 11.9 Å². The van der Waals surface area contributed by atoms with Crippen LogP contribution in [0.5, 0.6) is 0 Å². The molecule has 4 aromatic rings. The maximum atomic E-state index is 13.4. The zero-order chi connectivity index (χ0) is 29.2. The van der Waals surface area contributed by atoms with Gasteiger partial charge in [-0.05, 0) is 92.9 Å². The zero-order valence-corrected chi connectivity index (χ0v) is 23.8. The largest absolute Gasteiger partial charge is 0.478 e. The minimum absolute atomic E-state index is 0.0482. The van der Waals surface area contributed by atoms with Crippen LogP contribution < -0.4 is 4.72 Å². The molecule has 0 radical (unpaired) electrons. The topological polar surface area (TPSA) is 128 Å². The number of sulfonamides is 1. The fraction of sp³-hybridized carbons (Fsp3) is 0.207. The van der Waals surface area contributed by atoms with Gasteiger partial charge in [0.1, 0.15) is 6.04 Å². The van der Waals surface area contributed by atoms with Gasteiger partial charge < -0.3 is 14.4 Å². The molecule has 0 amide bonds. The van der Waals surface area contributed by atoms with Crippen molar-refractivity contribution in [2.24, 2.45) is 0 Å². The summed E-state index contributed by atoms with van der Waals surface area (Å²) in [6, 6.07) is 13.0. The summed E-state index contributed by atoms with van der Waals surface area (Å²) in [4.78, 5) is 29.1. The van der Waals surface area contributed by atoms with E-state index in [2.05, 4.69) is 9.71 Å². The lowest BCUT2D eigenvalue weighted by molar-refractivity contribution is -0.149. The molecular formula is C29H28ClN3O6S. The fourth-order valence-electron chi connectivity index (χ4n) is 4.45. The number of halogens is 1. The van der Waals surface area contributed by atoms with E-state index in [1.54, 1.807) is 37.1 Å². The van der Waals surface area contributed by atoms with Gasteiger partial charge in [0, 0.05) is 34.2 Å². The number of nitrogens with one attached hydrogen (secondary N) is 1. The monoisotopic (exact) mass is 581 g/mol. The molecule has 4 rings (SSSR count). The third-order valence-electron chi connectivity index (χ3n) is 6.49. The lowest BCUT2D eigenvalue weighted by Crippen LogP contribution is -2.40. The Kier molecular flexibility index (Phi) is 8.43. The summed E-state index contributed by atoms with van der Waals surface area (Å²) in [7, 11) is -4.05. The third kappa shape index (κ3) is 6.25. The molecule has 0 aliphatic heterocycles. The quantitative estimate of drug-likeness (QED) is 0.262. The number of aromatic nitrogens is 2. The Labute approximate surface area is 237 Å². The normalized spacial score (nSPS) is 13.0. The van der Waals surface area contributed by atoms with Crippen molar-refractivity contribution >= 4 is 33.6 Å². The van der Waals surface area contributed by atoms with E-state index in [9.17, 15) is 23.1 Å². The van der Waals surface area contributed by atoms with E-state index in [1.165, 1.54) is 43.3 Å². The van der Waals surface area contributed by atoms with Gasteiger partial charge in [-0.1, -0.05) is 17.7 Å². The molecule has 2 unspecified atom stereocenters. The molecule has 0 saturated carbocycles. The number of carboxylic acids is 1. The van der Waals surface area contributed by atoms with Gasteiger partial charge in [-0.25, -0.2) is 18.2 Å². The number of imidazole rings is 1. The van der Waals surface area contributed by atoms with Gasteiger partial charge in [-0.15, -0.1) is 0 Å². The van der Waals surface area contributed by atoms with Gasteiger partial charge in [0.05, 0.1) is 16.8 Å². The number of aromatic carboxylic acids is 1. The van der Waals surface area contributed by atoms with Crippen LogP contribution >= 0.6 is 11.6 Å². The highest BCUT2D eigenvalue weighted by Crippen LogP contribution is 2.35. The number of carbonyl (C=O) groups is 2. The summed E-state index contributed by atoms with van der Waals surface area (Å²) >= 11 is 5.87. The summed E-state index contributed by atoms with van der Waals surface area (Å²) < 4.78 is 36.0. The van der Waals surface area contributed by atoms with E-state index in [0.29, 0.717) is 27.3 Å². The number of rotatable bonds is 9. The van der Waals surface area contributed by atoms with Crippen LogP contribution in [0.4, 0.5) is 0 Å². The van der Waals surface area contributed by atoms with Crippen molar-refractivity contribution in [3.8, 4) is 5.69 Å². The molecule has 3 aromatic carbocycles. The highest BCUT2D eigenvalue weighted by atomic mass is 35.5. The van der Waals surface area contributed by atoms with E-state index in [0.717, 1.165) is 11.3 Å². The van der Waals surface area contributed by atoms with Crippen molar-refractivity contribution in [1.29, 1.82) is 0 Å². The minimum Gasteiger partial charge on any atom is -0.478 e. The summed E-state index contributed by atoms with van der Waals surface area (Å²) in [6.45, 7) is 6.76. The van der Waals surface area contributed by atoms with Crippen molar-refractivity contribution in [2.75, 3.05) is 0 Å². The van der Waals surface area contributed by atoms with Gasteiger partial charge in [0.15, 0.2) is 6.10 Å². The van der Waals surface area contributed by atoms with Crippen LogP contribution in [0.1, 0.15) is 51.2 Å². The Morgan fingerprint density at radius 3 is 2.23 bits per heavy atom. The smallest absolute Gasteiger partial charge is 0.335 e. The van der Waals surface area contributed by atoms with Crippen LogP contribution in [-0.2, 0) is 19.6 Å². The first-order valence-corrected chi connectivity index (χ1v) is 14.1. The molecule has 0 aliphatic rings. The number of aryl methyl sites for hydroxylation is 3. The molecule has 11 heteroatoms. The van der Waals surface area contributed by atoms with Crippen molar-refractivity contribution in [2.45, 2.75) is 44.7 Å². The number of esters is 1. The molecule has 0 bridgehead atoms. The number of carbonyl (C=O) groups excluding carboxylic acids is 1. The second kappa shape index (κ2) is 11.6. The first-order valence-electron chi connectivity index (χ1n) is 12.3. The molecule has 0 spiro atoms. The molecule has 0 saturated heterocycles. The maximum Gasteiger partial charge on any atom is 0.335 e. The van der Waals surface area contributed by atoms with Gasteiger partial charge in [-0.3, -0.25) is 4.79 Å². The Hall–Kier alpha value is -3.99. The SMILES string of the molecule is Cc1ccc(-n2ccnc2)cc1C(OC(=O)C(C)NS(=O)(=O)c1ccc(Cl)cc1)c1c(C)cc(C(=O)O)cc1C. The first-order chi connectivity index (χ1) is 18.9. The number of hydrogen-bond donors (Lipinski definition) is 2. The minimum atomic E-state index is -4.05. The van der Waals surface area contributed by atoms with E-state index >= 15 is 0 Å². The van der Waals surface area contributed by atoms with Crippen molar-refractivity contribution in [3.63, 3.8) is 0 Å². The average Bonchev–Trinajstić information content (AvgIpc) is 3.43. The van der Waals surface area contributed by atoms with Gasteiger partial charge in [-0.2, -0.15) is 4.72 Å². The van der Waals surface area contributed by atoms with Crippen LogP contribution in [0.3, 0.4) is 0 Å². The van der Waals surface area contributed by atoms with Gasteiger partial charge in [0.2, 0.25) is 10.0 Å². The summed E-state index contributed by atoms with van der Waals surface area (Å²) in [5.74, 6) is -1.88. The molecule has 0 fully saturated rings. The summed E-state index contributed by atoms with van der Waals surface area (Å²) in [6.07, 6.45) is 4.11. The van der Waals surface area contributed by atoms with Crippen molar-refractivity contribution in [3.05, 3.63) is 112 Å². The number of hydrogen-bond acceptors (Lipinski definition) is 6. The Morgan fingerprint density at radius 1 is 1.00 bits per heavy atom. The number of carboxylic acid groups (broad SMARTS) is 1. The van der Waals surface area contributed by atoms with Crippen LogP contribution in [0.2, 0.25) is 5.02 Å². The Balaban J connectivity index is 1.74. The highest BCUT2D eigenvalue weighted by molar-refractivity contribution is 7.89. The predicted octanol–water partition coefficient (Wildman–Crippen LogP) is 5.15. The van der Waals surface area contributed by atoms with Crippen LogP contribution in [0, 0.1) is 20.8 Å². The predicted molar refractivity (Wildman–Crippen MR) is 150 cm³/mol. The lowest BCUT2D eigenvalue weighted by atomic mass is 9.89.